The number of carbonyl (C=O) groups excluding carboxylic acids is 2. The number of rotatable bonds is 6. The average Bonchev–Trinajstić information content (AvgIpc) is 2.86. The highest BCUT2D eigenvalue weighted by molar-refractivity contribution is 6.35. The molecule has 5 nitrogen and oxygen atoms in total. The van der Waals surface area contributed by atoms with E-state index in [1.807, 2.05) is 45.0 Å². The first-order valence-corrected chi connectivity index (χ1v) is 10.3. The van der Waals surface area contributed by atoms with Gasteiger partial charge in [0, 0.05) is 13.1 Å². The highest BCUT2D eigenvalue weighted by Crippen LogP contribution is 2.35. The van der Waals surface area contributed by atoms with E-state index in [9.17, 15) is 9.59 Å². The molecular formula is C23H32N2O3. The van der Waals surface area contributed by atoms with Crippen molar-refractivity contribution in [3.05, 3.63) is 41.1 Å². The number of nitrogens with zero attached hydrogens (tertiary/aromatic N) is 2. The van der Waals surface area contributed by atoms with Gasteiger partial charge in [0.25, 0.3) is 11.8 Å². The molecule has 0 aliphatic carbocycles. The molecule has 28 heavy (non-hydrogen) atoms. The van der Waals surface area contributed by atoms with Crippen molar-refractivity contribution in [3.8, 4) is 0 Å². The monoisotopic (exact) mass is 384 g/mol. The van der Waals surface area contributed by atoms with Gasteiger partial charge in [-0.1, -0.05) is 43.7 Å². The van der Waals surface area contributed by atoms with Crippen molar-refractivity contribution < 1.29 is 14.3 Å². The van der Waals surface area contributed by atoms with Crippen LogP contribution >= 0.6 is 0 Å². The molecule has 0 spiro atoms. The van der Waals surface area contributed by atoms with E-state index in [0.717, 1.165) is 30.6 Å². The van der Waals surface area contributed by atoms with Gasteiger partial charge in [0.05, 0.1) is 24.8 Å². The van der Waals surface area contributed by atoms with Crippen molar-refractivity contribution in [1.29, 1.82) is 0 Å². The largest absolute Gasteiger partial charge is 0.377 e. The van der Waals surface area contributed by atoms with E-state index >= 15 is 0 Å². The molecule has 1 aromatic carbocycles. The Hall–Kier alpha value is -2.14. The highest BCUT2D eigenvalue weighted by atomic mass is 16.5. The molecule has 3 rings (SSSR count). The number of hydrogen-bond donors (Lipinski definition) is 0. The van der Waals surface area contributed by atoms with E-state index in [0.29, 0.717) is 29.7 Å². The number of likely N-dealkylation sites (tertiary alicyclic amines) is 1. The zero-order chi connectivity index (χ0) is 20.4. The number of imide groups is 1. The molecule has 2 amide bonds. The van der Waals surface area contributed by atoms with Gasteiger partial charge in [0.2, 0.25) is 0 Å². The van der Waals surface area contributed by atoms with Gasteiger partial charge in [-0.2, -0.15) is 0 Å². The van der Waals surface area contributed by atoms with Gasteiger partial charge in [-0.15, -0.1) is 0 Å². The van der Waals surface area contributed by atoms with Crippen molar-refractivity contribution in [1.82, 2.24) is 9.80 Å². The number of benzene rings is 1. The Kier molecular flexibility index (Phi) is 6.23. The SMILES string of the molecule is Cc1ccc(C2=C(N3CC(C)CC(C)C3)C(=O)N(CCOC(C)C)C2=O)cc1. The third-order valence-electron chi connectivity index (χ3n) is 5.43. The standard InChI is InChI=1S/C23H32N2O3/c1-15(2)28-11-10-25-22(26)20(19-8-6-16(3)7-9-19)21(23(25)27)24-13-17(4)12-18(5)14-24/h6-9,15,17-18H,10-14H2,1-5H3. The molecule has 152 valence electrons. The Labute approximate surface area is 168 Å². The van der Waals surface area contributed by atoms with Gasteiger partial charge in [0.1, 0.15) is 5.70 Å². The maximum Gasteiger partial charge on any atom is 0.277 e. The van der Waals surface area contributed by atoms with E-state index in [-0.39, 0.29) is 24.5 Å². The molecule has 0 bridgehead atoms. The maximum absolute atomic E-state index is 13.3. The van der Waals surface area contributed by atoms with Gasteiger partial charge in [-0.3, -0.25) is 14.5 Å². The smallest absolute Gasteiger partial charge is 0.277 e. The molecule has 1 fully saturated rings. The Morgan fingerprint density at radius 3 is 2.21 bits per heavy atom. The Morgan fingerprint density at radius 1 is 1.04 bits per heavy atom. The average molecular weight is 385 g/mol. The van der Waals surface area contributed by atoms with Crippen LogP contribution in [0.15, 0.2) is 30.0 Å². The van der Waals surface area contributed by atoms with Crippen molar-refractivity contribution in [2.24, 2.45) is 11.8 Å². The van der Waals surface area contributed by atoms with Crippen molar-refractivity contribution in [3.63, 3.8) is 0 Å². The lowest BCUT2D eigenvalue weighted by Crippen LogP contribution is -2.42. The van der Waals surface area contributed by atoms with Crippen LogP contribution in [0.1, 0.15) is 45.2 Å². The fourth-order valence-corrected chi connectivity index (χ4v) is 4.27. The minimum atomic E-state index is -0.206. The van der Waals surface area contributed by atoms with Crippen molar-refractivity contribution in [2.45, 2.75) is 47.1 Å². The lowest BCUT2D eigenvalue weighted by Gasteiger charge is -2.37. The van der Waals surface area contributed by atoms with Crippen LogP contribution in [0.25, 0.3) is 5.57 Å². The molecule has 2 atom stereocenters. The summed E-state index contributed by atoms with van der Waals surface area (Å²) in [5, 5.41) is 0. The van der Waals surface area contributed by atoms with Crippen LogP contribution in [0.2, 0.25) is 0 Å². The lowest BCUT2D eigenvalue weighted by molar-refractivity contribution is -0.138. The second-order valence-electron chi connectivity index (χ2n) is 8.62. The van der Waals surface area contributed by atoms with E-state index in [2.05, 4.69) is 18.7 Å². The van der Waals surface area contributed by atoms with Gasteiger partial charge in [-0.05, 0) is 44.6 Å². The summed E-state index contributed by atoms with van der Waals surface area (Å²) in [6.45, 7) is 12.6. The Bertz CT molecular complexity index is 757. The minimum Gasteiger partial charge on any atom is -0.377 e. The number of piperidine rings is 1. The molecular weight excluding hydrogens is 352 g/mol. The van der Waals surface area contributed by atoms with E-state index < -0.39 is 0 Å². The third kappa shape index (κ3) is 4.30. The molecule has 2 unspecified atom stereocenters. The quantitative estimate of drug-likeness (QED) is 0.705. The second-order valence-corrected chi connectivity index (χ2v) is 8.62. The number of ether oxygens (including phenoxy) is 1. The second kappa shape index (κ2) is 8.48. The van der Waals surface area contributed by atoms with Crippen LogP contribution in [-0.4, -0.2) is 54.0 Å². The number of hydrogen-bond acceptors (Lipinski definition) is 4. The summed E-state index contributed by atoms with van der Waals surface area (Å²) < 4.78 is 5.59. The molecule has 2 aliphatic heterocycles. The van der Waals surface area contributed by atoms with Crippen LogP contribution in [0.5, 0.6) is 0 Å². The summed E-state index contributed by atoms with van der Waals surface area (Å²) in [5.41, 5.74) is 3.05. The molecule has 5 heteroatoms. The fraction of sp³-hybridized carbons (Fsp3) is 0.565. The molecule has 0 radical (unpaired) electrons. The highest BCUT2D eigenvalue weighted by Gasteiger charge is 2.42. The molecule has 0 aromatic heterocycles. The molecule has 0 saturated carbocycles. The topological polar surface area (TPSA) is 49.9 Å². The van der Waals surface area contributed by atoms with Gasteiger partial charge < -0.3 is 9.64 Å². The van der Waals surface area contributed by atoms with Crippen LogP contribution in [0.4, 0.5) is 0 Å². The first kappa shape index (κ1) is 20.6. The third-order valence-corrected chi connectivity index (χ3v) is 5.43. The fourth-order valence-electron chi connectivity index (χ4n) is 4.27. The van der Waals surface area contributed by atoms with Crippen LogP contribution < -0.4 is 0 Å². The van der Waals surface area contributed by atoms with E-state index in [4.69, 9.17) is 4.74 Å². The normalized spacial score (nSPS) is 23.4. The Morgan fingerprint density at radius 2 is 1.64 bits per heavy atom. The zero-order valence-corrected chi connectivity index (χ0v) is 17.7. The zero-order valence-electron chi connectivity index (χ0n) is 17.7. The molecule has 2 aliphatic rings. The van der Waals surface area contributed by atoms with Crippen molar-refractivity contribution in [2.75, 3.05) is 26.2 Å². The number of amides is 2. The summed E-state index contributed by atoms with van der Waals surface area (Å²) in [6, 6.07) is 7.87. The van der Waals surface area contributed by atoms with Crippen LogP contribution in [0, 0.1) is 18.8 Å². The summed E-state index contributed by atoms with van der Waals surface area (Å²) in [7, 11) is 0. The van der Waals surface area contributed by atoms with Crippen LogP contribution in [0.3, 0.4) is 0 Å². The molecule has 2 heterocycles. The van der Waals surface area contributed by atoms with Gasteiger partial charge in [0.15, 0.2) is 0 Å². The molecule has 1 saturated heterocycles. The summed E-state index contributed by atoms with van der Waals surface area (Å²) in [5.74, 6) is 0.602. The molecule has 0 N–H and O–H groups in total. The van der Waals surface area contributed by atoms with Gasteiger partial charge in [-0.25, -0.2) is 0 Å². The van der Waals surface area contributed by atoms with Crippen molar-refractivity contribution >= 4 is 17.4 Å². The number of aryl methyl sites for hydroxylation is 1. The summed E-state index contributed by atoms with van der Waals surface area (Å²) >= 11 is 0. The van der Waals surface area contributed by atoms with Gasteiger partial charge >= 0.3 is 0 Å². The first-order valence-electron chi connectivity index (χ1n) is 10.3. The van der Waals surface area contributed by atoms with E-state index in [1.165, 1.54) is 4.90 Å². The van der Waals surface area contributed by atoms with E-state index in [1.54, 1.807) is 0 Å². The first-order chi connectivity index (χ1) is 13.3. The predicted molar refractivity (Wildman–Crippen MR) is 110 cm³/mol. The molecule has 1 aromatic rings. The summed E-state index contributed by atoms with van der Waals surface area (Å²) in [6.07, 6.45) is 1.22. The van der Waals surface area contributed by atoms with Crippen LogP contribution in [-0.2, 0) is 14.3 Å². The minimum absolute atomic E-state index is 0.0700. The lowest BCUT2D eigenvalue weighted by atomic mass is 9.91. The number of carbonyl (C=O) groups is 2. The Balaban J connectivity index is 1.96. The predicted octanol–water partition coefficient (Wildman–Crippen LogP) is 3.48. The summed E-state index contributed by atoms with van der Waals surface area (Å²) in [4.78, 5) is 30.1. The maximum atomic E-state index is 13.3.